The molecule has 0 atom stereocenters. The maximum absolute atomic E-state index is 2.42. The first-order valence-electron chi connectivity index (χ1n) is 25.4. The number of hydrogen-bond acceptors (Lipinski definition) is 2. The number of para-hydroxylation sites is 4. The van der Waals surface area contributed by atoms with Gasteiger partial charge in [-0.1, -0.05) is 133 Å². The molecule has 15 rings (SSSR count). The largest absolute Gasteiger partial charge is 0.310 e. The van der Waals surface area contributed by atoms with Crippen LogP contribution in [0.15, 0.2) is 279 Å². The zero-order valence-electron chi connectivity index (χ0n) is 40.3. The molecule has 0 aliphatic rings. The van der Waals surface area contributed by atoms with E-state index in [4.69, 9.17) is 0 Å². The molecule has 0 bridgehead atoms. The van der Waals surface area contributed by atoms with Gasteiger partial charge in [0, 0.05) is 67.0 Å². The SMILES string of the molecule is c1ccc(-n2c3ccccc3c3cc(N(c4ccc(N(c5ccc6cc7ccccc7cc6c5)c5ccc6c(c5)c5ccccc5n6-c5ccccc5)cc4)c4ccc5cc6ccccc6cc5c4)ccc32)cc1. The molecular weight excluding hydrogens is 897 g/mol. The summed E-state index contributed by atoms with van der Waals surface area (Å²) in [5, 5.41) is 14.6. The lowest BCUT2D eigenvalue weighted by atomic mass is 10.0. The third kappa shape index (κ3) is 6.84. The number of fused-ring (bicyclic) bond motifs is 10. The molecule has 0 fully saturated rings. The molecule has 0 saturated heterocycles. The highest BCUT2D eigenvalue weighted by atomic mass is 15.2. The highest BCUT2D eigenvalue weighted by Crippen LogP contribution is 2.45. The van der Waals surface area contributed by atoms with Gasteiger partial charge >= 0.3 is 0 Å². The second kappa shape index (κ2) is 16.9. The summed E-state index contributed by atoms with van der Waals surface area (Å²) in [6.07, 6.45) is 0. The molecule has 74 heavy (non-hydrogen) atoms. The van der Waals surface area contributed by atoms with E-state index in [-0.39, 0.29) is 0 Å². The zero-order valence-corrected chi connectivity index (χ0v) is 40.3. The van der Waals surface area contributed by atoms with E-state index in [1.54, 1.807) is 0 Å². The van der Waals surface area contributed by atoms with Crippen LogP contribution in [0.3, 0.4) is 0 Å². The fourth-order valence-corrected chi connectivity index (χ4v) is 11.7. The van der Waals surface area contributed by atoms with E-state index in [2.05, 4.69) is 298 Å². The Morgan fingerprint density at radius 3 is 0.905 bits per heavy atom. The minimum Gasteiger partial charge on any atom is -0.310 e. The molecule has 346 valence electrons. The van der Waals surface area contributed by atoms with Crippen LogP contribution in [0, 0.1) is 0 Å². The lowest BCUT2D eigenvalue weighted by Crippen LogP contribution is -2.12. The molecule has 0 radical (unpaired) electrons. The van der Waals surface area contributed by atoms with Crippen LogP contribution in [0.25, 0.3) is 98.1 Å². The second-order valence-corrected chi connectivity index (χ2v) is 19.4. The fraction of sp³-hybridized carbons (Fsp3) is 0. The van der Waals surface area contributed by atoms with Gasteiger partial charge in [-0.25, -0.2) is 0 Å². The molecule has 4 heteroatoms. The number of nitrogens with zero attached hydrogens (tertiary/aromatic N) is 4. The van der Waals surface area contributed by atoms with Crippen molar-refractivity contribution in [1.29, 1.82) is 0 Å². The van der Waals surface area contributed by atoms with Gasteiger partial charge in [-0.2, -0.15) is 0 Å². The monoisotopic (exact) mass is 942 g/mol. The predicted octanol–water partition coefficient (Wildman–Crippen LogP) is 19.4. The normalized spacial score (nSPS) is 11.8. The van der Waals surface area contributed by atoms with E-state index in [9.17, 15) is 0 Å². The number of aromatic nitrogens is 2. The third-order valence-electron chi connectivity index (χ3n) is 15.1. The average Bonchev–Trinajstić information content (AvgIpc) is 3.97. The summed E-state index contributed by atoms with van der Waals surface area (Å²) < 4.78 is 4.77. The Hall–Kier alpha value is -9.90. The summed E-state index contributed by atoms with van der Waals surface area (Å²) >= 11 is 0. The molecule has 0 N–H and O–H groups in total. The maximum atomic E-state index is 2.42. The summed E-state index contributed by atoms with van der Waals surface area (Å²) in [5.41, 5.74) is 13.5. The molecular formula is C70H46N4. The van der Waals surface area contributed by atoms with Gasteiger partial charge in [-0.05, 0) is 189 Å². The molecule has 0 saturated carbocycles. The third-order valence-corrected chi connectivity index (χ3v) is 15.1. The molecule has 0 unspecified atom stereocenters. The smallest absolute Gasteiger partial charge is 0.0542 e. The molecule has 15 aromatic rings. The molecule has 2 heterocycles. The molecule has 2 aromatic heterocycles. The van der Waals surface area contributed by atoms with Gasteiger partial charge in [-0.3, -0.25) is 0 Å². The molecule has 0 spiro atoms. The van der Waals surface area contributed by atoms with Crippen molar-refractivity contribution in [3.8, 4) is 11.4 Å². The first kappa shape index (κ1) is 41.8. The standard InChI is InChI=1S/C70H46N4/c1-3-19-55(20-4-1)73-67-25-13-11-23-63(67)65-45-61(35-37-69(65)73)71(59-29-27-51-39-47-15-7-9-17-49(47)41-53(51)43-59)57-31-33-58(34-32-57)72(60-30-28-52-40-48-16-8-10-18-50(48)42-54(52)44-60)62-36-38-70-66(46-62)64-24-12-14-26-68(64)74(70)56-21-5-2-6-22-56/h1-46H. The first-order valence-corrected chi connectivity index (χ1v) is 25.4. The highest BCUT2D eigenvalue weighted by molar-refractivity contribution is 6.12. The van der Waals surface area contributed by atoms with Crippen molar-refractivity contribution in [3.05, 3.63) is 279 Å². The minimum absolute atomic E-state index is 1.06. The van der Waals surface area contributed by atoms with Gasteiger partial charge in [0.2, 0.25) is 0 Å². The summed E-state index contributed by atoms with van der Waals surface area (Å²) in [6.45, 7) is 0. The summed E-state index contributed by atoms with van der Waals surface area (Å²) in [6, 6.07) is 102. The number of benzene rings is 13. The Morgan fingerprint density at radius 2 is 0.486 bits per heavy atom. The van der Waals surface area contributed by atoms with Gasteiger partial charge in [0.1, 0.15) is 0 Å². The molecule has 0 aliphatic carbocycles. The molecule has 0 amide bonds. The second-order valence-electron chi connectivity index (χ2n) is 19.4. The Kier molecular flexibility index (Phi) is 9.54. The topological polar surface area (TPSA) is 16.3 Å². The van der Waals surface area contributed by atoms with Crippen LogP contribution in [0.5, 0.6) is 0 Å². The van der Waals surface area contributed by atoms with Crippen molar-refractivity contribution in [1.82, 2.24) is 9.13 Å². The number of rotatable bonds is 8. The highest BCUT2D eigenvalue weighted by Gasteiger charge is 2.21. The fourth-order valence-electron chi connectivity index (χ4n) is 11.7. The minimum atomic E-state index is 1.06. The molecule has 4 nitrogen and oxygen atoms in total. The van der Waals surface area contributed by atoms with Crippen LogP contribution < -0.4 is 9.80 Å². The summed E-state index contributed by atoms with van der Waals surface area (Å²) in [5.74, 6) is 0. The summed E-state index contributed by atoms with van der Waals surface area (Å²) in [4.78, 5) is 4.84. The quantitative estimate of drug-likeness (QED) is 0.141. The van der Waals surface area contributed by atoms with Crippen LogP contribution >= 0.6 is 0 Å². The van der Waals surface area contributed by atoms with Crippen LogP contribution in [0.4, 0.5) is 34.1 Å². The van der Waals surface area contributed by atoms with Crippen molar-refractivity contribution in [3.63, 3.8) is 0 Å². The Morgan fingerprint density at radius 1 is 0.189 bits per heavy atom. The van der Waals surface area contributed by atoms with E-state index in [0.717, 1.165) is 45.5 Å². The van der Waals surface area contributed by atoms with Crippen molar-refractivity contribution in [2.45, 2.75) is 0 Å². The van der Waals surface area contributed by atoms with Gasteiger partial charge in [0.25, 0.3) is 0 Å². The van der Waals surface area contributed by atoms with Crippen molar-refractivity contribution in [2.24, 2.45) is 0 Å². The molecule has 0 aliphatic heterocycles. The Labute approximate surface area is 428 Å². The van der Waals surface area contributed by atoms with Gasteiger partial charge in [0.05, 0.1) is 22.1 Å². The van der Waals surface area contributed by atoms with Gasteiger partial charge < -0.3 is 18.9 Å². The first-order chi connectivity index (χ1) is 36.7. The lowest BCUT2D eigenvalue weighted by molar-refractivity contribution is 1.18. The molecule has 13 aromatic carbocycles. The lowest BCUT2D eigenvalue weighted by Gasteiger charge is -2.29. The zero-order chi connectivity index (χ0) is 48.7. The Balaban J connectivity index is 0.919. The Bertz CT molecular complexity index is 4370. The average molecular weight is 943 g/mol. The van der Waals surface area contributed by atoms with E-state index >= 15 is 0 Å². The van der Waals surface area contributed by atoms with Crippen LogP contribution in [0.1, 0.15) is 0 Å². The van der Waals surface area contributed by atoms with E-state index in [0.29, 0.717) is 0 Å². The van der Waals surface area contributed by atoms with Crippen LogP contribution in [0.2, 0.25) is 0 Å². The van der Waals surface area contributed by atoms with Crippen molar-refractivity contribution in [2.75, 3.05) is 9.80 Å². The van der Waals surface area contributed by atoms with E-state index < -0.39 is 0 Å². The van der Waals surface area contributed by atoms with Gasteiger partial charge in [0.15, 0.2) is 0 Å². The number of hydrogen-bond donors (Lipinski definition) is 0. The van der Waals surface area contributed by atoms with Crippen molar-refractivity contribution >= 4 is 121 Å². The predicted molar refractivity (Wildman–Crippen MR) is 315 cm³/mol. The van der Waals surface area contributed by atoms with E-state index in [1.165, 1.54) is 86.7 Å². The van der Waals surface area contributed by atoms with Crippen molar-refractivity contribution < 1.29 is 0 Å². The van der Waals surface area contributed by atoms with Crippen LogP contribution in [-0.2, 0) is 0 Å². The van der Waals surface area contributed by atoms with Gasteiger partial charge in [-0.15, -0.1) is 0 Å². The van der Waals surface area contributed by atoms with E-state index in [1.807, 2.05) is 0 Å². The number of anilines is 6. The summed E-state index contributed by atoms with van der Waals surface area (Å²) in [7, 11) is 0. The van der Waals surface area contributed by atoms with Crippen LogP contribution in [-0.4, -0.2) is 9.13 Å². The maximum Gasteiger partial charge on any atom is 0.0542 e.